The van der Waals surface area contributed by atoms with Crippen LogP contribution in [0.5, 0.6) is 0 Å². The molecule has 27 heavy (non-hydrogen) atoms. The Hall–Kier alpha value is -2.01. The predicted octanol–water partition coefficient (Wildman–Crippen LogP) is 4.70. The van der Waals surface area contributed by atoms with Crippen molar-refractivity contribution in [1.29, 1.82) is 0 Å². The number of nitrogens with one attached hydrogen (secondary N) is 1. The lowest BCUT2D eigenvalue weighted by atomic mass is 9.70. The van der Waals surface area contributed by atoms with E-state index in [2.05, 4.69) is 42.4 Å². The van der Waals surface area contributed by atoms with Crippen molar-refractivity contribution >= 4 is 0 Å². The Bertz CT molecular complexity index is 766. The van der Waals surface area contributed by atoms with Crippen LogP contribution >= 0.6 is 0 Å². The van der Waals surface area contributed by atoms with Crippen LogP contribution in [0.2, 0.25) is 0 Å². The van der Waals surface area contributed by atoms with Gasteiger partial charge in [0.25, 0.3) is 0 Å². The zero-order valence-electron chi connectivity index (χ0n) is 16.7. The molecule has 3 rings (SSSR count). The number of aryl methyl sites for hydroxylation is 1. The molecule has 4 nitrogen and oxygen atoms in total. The van der Waals surface area contributed by atoms with Crippen molar-refractivity contribution < 1.29 is 8.81 Å². The summed E-state index contributed by atoms with van der Waals surface area (Å²) < 4.78 is 18.6. The van der Waals surface area contributed by atoms with Gasteiger partial charge in [-0.25, -0.2) is 4.39 Å². The number of hydrogen-bond donors (Lipinski definition) is 1. The second-order valence-corrected chi connectivity index (χ2v) is 8.09. The van der Waals surface area contributed by atoms with Gasteiger partial charge in [-0.15, -0.1) is 10.2 Å². The van der Waals surface area contributed by atoms with Crippen LogP contribution in [0.1, 0.15) is 44.5 Å². The molecule has 0 spiro atoms. The molecule has 3 atom stereocenters. The third-order valence-electron chi connectivity index (χ3n) is 5.70. The summed E-state index contributed by atoms with van der Waals surface area (Å²) in [4.78, 5) is 0. The normalized spacial score (nSPS) is 22.9. The molecule has 0 saturated carbocycles. The van der Waals surface area contributed by atoms with E-state index in [0.29, 0.717) is 29.6 Å². The van der Waals surface area contributed by atoms with E-state index < -0.39 is 0 Å². The Morgan fingerprint density at radius 1 is 1.19 bits per heavy atom. The Morgan fingerprint density at radius 2 is 1.93 bits per heavy atom. The summed E-state index contributed by atoms with van der Waals surface area (Å²) >= 11 is 0. The molecule has 1 heterocycles. The van der Waals surface area contributed by atoms with E-state index in [4.69, 9.17) is 4.42 Å². The van der Waals surface area contributed by atoms with E-state index in [9.17, 15) is 4.39 Å². The average Bonchev–Trinajstić information content (AvgIpc) is 3.03. The highest BCUT2D eigenvalue weighted by Crippen LogP contribution is 2.38. The second-order valence-electron chi connectivity index (χ2n) is 8.09. The van der Waals surface area contributed by atoms with Crippen molar-refractivity contribution in [3.05, 3.63) is 59.1 Å². The van der Waals surface area contributed by atoms with Gasteiger partial charge in [-0.2, -0.15) is 0 Å². The van der Waals surface area contributed by atoms with E-state index in [1.165, 1.54) is 17.7 Å². The number of halogens is 1. The summed E-state index contributed by atoms with van der Waals surface area (Å²) in [6.45, 7) is 10.4. The first-order valence-electron chi connectivity index (χ1n) is 9.85. The summed E-state index contributed by atoms with van der Waals surface area (Å²) in [5.74, 6) is 3.37. The fourth-order valence-electron chi connectivity index (χ4n) is 4.12. The highest BCUT2D eigenvalue weighted by molar-refractivity contribution is 5.17. The maximum Gasteiger partial charge on any atom is 0.217 e. The maximum absolute atomic E-state index is 13.0. The molecule has 2 aromatic rings. The van der Waals surface area contributed by atoms with Gasteiger partial charge in [-0.1, -0.05) is 37.6 Å². The smallest absolute Gasteiger partial charge is 0.217 e. The molecule has 0 radical (unpaired) electrons. The minimum absolute atomic E-state index is 0.188. The molecule has 1 aliphatic carbocycles. The van der Waals surface area contributed by atoms with Crippen LogP contribution in [0, 0.1) is 36.4 Å². The van der Waals surface area contributed by atoms with Gasteiger partial charge in [-0.3, -0.25) is 0 Å². The van der Waals surface area contributed by atoms with E-state index in [-0.39, 0.29) is 5.82 Å². The van der Waals surface area contributed by atoms with E-state index >= 15 is 0 Å². The number of nitrogens with zero attached hydrogens (tertiary/aromatic N) is 2. The summed E-state index contributed by atoms with van der Waals surface area (Å²) in [5.41, 5.74) is 2.52. The van der Waals surface area contributed by atoms with Crippen molar-refractivity contribution in [3.63, 3.8) is 0 Å². The quantitative estimate of drug-likeness (QED) is 0.717. The number of rotatable bonds is 7. The third kappa shape index (κ3) is 5.25. The first-order chi connectivity index (χ1) is 12.9. The van der Waals surface area contributed by atoms with E-state index in [1.54, 1.807) is 0 Å². The van der Waals surface area contributed by atoms with Crippen LogP contribution in [0.15, 0.2) is 40.3 Å². The van der Waals surface area contributed by atoms with Crippen molar-refractivity contribution in [2.24, 2.45) is 23.7 Å². The lowest BCUT2D eigenvalue weighted by molar-refractivity contribution is 0.218. The van der Waals surface area contributed by atoms with Crippen LogP contribution in [0.25, 0.3) is 0 Å². The van der Waals surface area contributed by atoms with Crippen LogP contribution in [0.4, 0.5) is 4.39 Å². The largest absolute Gasteiger partial charge is 0.426 e. The average molecular weight is 372 g/mol. The molecular weight excluding hydrogens is 341 g/mol. The van der Waals surface area contributed by atoms with Gasteiger partial charge in [0.2, 0.25) is 11.8 Å². The zero-order valence-corrected chi connectivity index (χ0v) is 16.7. The number of allylic oxidation sites excluding steroid dienone is 1. The molecule has 1 aliphatic rings. The highest BCUT2D eigenvalue weighted by Gasteiger charge is 2.32. The fraction of sp³-hybridized carbons (Fsp3) is 0.545. The molecule has 0 saturated heterocycles. The topological polar surface area (TPSA) is 51.0 Å². The predicted molar refractivity (Wildman–Crippen MR) is 105 cm³/mol. The Kier molecular flexibility index (Phi) is 6.42. The molecule has 0 bridgehead atoms. The first kappa shape index (κ1) is 19.7. The van der Waals surface area contributed by atoms with Crippen LogP contribution < -0.4 is 5.32 Å². The fourth-order valence-corrected chi connectivity index (χ4v) is 4.12. The Balaban J connectivity index is 1.62. The lowest BCUT2D eigenvalue weighted by Gasteiger charge is -2.37. The summed E-state index contributed by atoms with van der Waals surface area (Å²) in [6, 6.07) is 6.71. The van der Waals surface area contributed by atoms with Gasteiger partial charge in [0.05, 0.1) is 0 Å². The van der Waals surface area contributed by atoms with Crippen LogP contribution in [-0.2, 0) is 13.0 Å². The summed E-state index contributed by atoms with van der Waals surface area (Å²) in [6.07, 6.45) is 4.40. The monoisotopic (exact) mass is 371 g/mol. The molecule has 1 N–H and O–H groups in total. The summed E-state index contributed by atoms with van der Waals surface area (Å²) in [7, 11) is 0. The molecule has 0 amide bonds. The Morgan fingerprint density at radius 3 is 2.56 bits per heavy atom. The third-order valence-corrected chi connectivity index (χ3v) is 5.70. The molecule has 1 aromatic carbocycles. The molecule has 5 heteroatoms. The van der Waals surface area contributed by atoms with Gasteiger partial charge in [0.1, 0.15) is 5.82 Å². The van der Waals surface area contributed by atoms with Crippen molar-refractivity contribution in [2.45, 2.75) is 47.1 Å². The number of aromatic nitrogens is 2. The molecule has 0 fully saturated rings. The molecule has 146 valence electrons. The minimum atomic E-state index is -0.188. The maximum atomic E-state index is 13.0. The van der Waals surface area contributed by atoms with E-state index in [1.807, 2.05) is 19.1 Å². The van der Waals surface area contributed by atoms with Crippen molar-refractivity contribution in [2.75, 3.05) is 6.54 Å². The standard InChI is InChI=1S/C22H30FN3O/c1-14(2)21-10-18(11-22-26-25-16(4)27-22)15(3)9-19(21)13-24-12-17-5-7-20(23)8-6-17/h5-9,14,18-19,21,24H,10-13H2,1-4H3/t18-,19-,21-/m0/s1. The van der Waals surface area contributed by atoms with Crippen LogP contribution in [0.3, 0.4) is 0 Å². The highest BCUT2D eigenvalue weighted by atomic mass is 19.1. The van der Waals surface area contributed by atoms with Crippen molar-refractivity contribution in [3.8, 4) is 0 Å². The van der Waals surface area contributed by atoms with Gasteiger partial charge in [0, 0.05) is 26.4 Å². The summed E-state index contributed by atoms with van der Waals surface area (Å²) in [5, 5.41) is 11.7. The van der Waals surface area contributed by atoms with Gasteiger partial charge in [-0.05, 0) is 54.7 Å². The Labute approximate surface area is 161 Å². The van der Waals surface area contributed by atoms with Crippen LogP contribution in [-0.4, -0.2) is 16.7 Å². The van der Waals surface area contributed by atoms with Gasteiger partial charge >= 0.3 is 0 Å². The molecular formula is C22H30FN3O. The SMILES string of the molecule is CC1=C[C@@H](CNCc2ccc(F)cc2)[C@H](C(C)C)C[C@H]1Cc1nnc(C)o1. The molecule has 0 unspecified atom stereocenters. The molecule has 0 aliphatic heterocycles. The number of hydrogen-bond acceptors (Lipinski definition) is 4. The van der Waals surface area contributed by atoms with Gasteiger partial charge < -0.3 is 9.73 Å². The lowest BCUT2D eigenvalue weighted by Crippen LogP contribution is -2.34. The van der Waals surface area contributed by atoms with Gasteiger partial charge in [0.15, 0.2) is 0 Å². The number of benzene rings is 1. The molecule has 1 aromatic heterocycles. The minimum Gasteiger partial charge on any atom is -0.426 e. The van der Waals surface area contributed by atoms with E-state index in [0.717, 1.165) is 37.4 Å². The first-order valence-corrected chi connectivity index (χ1v) is 9.85. The second kappa shape index (κ2) is 8.79. The zero-order chi connectivity index (χ0) is 19.4. The van der Waals surface area contributed by atoms with Crippen molar-refractivity contribution in [1.82, 2.24) is 15.5 Å².